The molecule has 1 fully saturated rings. The summed E-state index contributed by atoms with van der Waals surface area (Å²) in [6.07, 6.45) is 5.48. The summed E-state index contributed by atoms with van der Waals surface area (Å²) in [6, 6.07) is 9.63. The predicted octanol–water partition coefficient (Wildman–Crippen LogP) is 3.39. The number of hydrogen-bond acceptors (Lipinski definition) is 6. The molecule has 4 rings (SSSR count). The van der Waals surface area contributed by atoms with E-state index in [0.29, 0.717) is 30.0 Å². The number of hydrogen-bond donors (Lipinski definition) is 4. The molecule has 0 unspecified atom stereocenters. The van der Waals surface area contributed by atoms with Gasteiger partial charge in [0.1, 0.15) is 0 Å². The van der Waals surface area contributed by atoms with Crippen molar-refractivity contribution in [2.75, 3.05) is 24.4 Å². The number of aromatic nitrogens is 2. The lowest BCUT2D eigenvalue weighted by atomic mass is 9.75. The molecule has 0 bridgehead atoms. The fourth-order valence-corrected chi connectivity index (χ4v) is 4.67. The van der Waals surface area contributed by atoms with Crippen LogP contribution in [-0.2, 0) is 9.53 Å². The summed E-state index contributed by atoms with van der Waals surface area (Å²) >= 11 is 0. The van der Waals surface area contributed by atoms with Gasteiger partial charge in [-0.05, 0) is 43.5 Å². The number of amides is 2. The first-order valence-corrected chi connectivity index (χ1v) is 11.8. The minimum absolute atomic E-state index is 0.0705. The maximum absolute atomic E-state index is 12.3. The smallest absolute Gasteiger partial charge is 0.252 e. The van der Waals surface area contributed by atoms with Crippen LogP contribution in [0.3, 0.4) is 0 Å². The van der Waals surface area contributed by atoms with Crippen molar-refractivity contribution < 1.29 is 14.3 Å². The van der Waals surface area contributed by atoms with Crippen LogP contribution in [0.2, 0.25) is 0 Å². The van der Waals surface area contributed by atoms with Crippen molar-refractivity contribution >= 4 is 28.7 Å². The fraction of sp³-hybridized carbons (Fsp3) is 0.423. The molecule has 0 radical (unpaired) electrons. The van der Waals surface area contributed by atoms with Gasteiger partial charge in [-0.3, -0.25) is 9.59 Å². The van der Waals surface area contributed by atoms with Crippen LogP contribution >= 0.6 is 0 Å². The van der Waals surface area contributed by atoms with E-state index in [1.54, 1.807) is 11.6 Å². The molecule has 2 atom stereocenters. The van der Waals surface area contributed by atoms with Gasteiger partial charge in [0.15, 0.2) is 0 Å². The fourth-order valence-electron chi connectivity index (χ4n) is 4.67. The van der Waals surface area contributed by atoms with Gasteiger partial charge in [-0.25, -0.2) is 4.52 Å². The summed E-state index contributed by atoms with van der Waals surface area (Å²) in [5, 5.41) is 10.9. The topological polar surface area (TPSA) is 137 Å². The van der Waals surface area contributed by atoms with Crippen molar-refractivity contribution in [2.24, 2.45) is 16.9 Å². The Morgan fingerprint density at radius 2 is 1.91 bits per heavy atom. The number of carbonyl (C=O) groups excluding carboxylic acids is 2. The molecule has 2 amide bonds. The Hall–Kier alpha value is -3.43. The monoisotopic (exact) mass is 478 g/mol. The number of benzene rings is 1. The zero-order valence-corrected chi connectivity index (χ0v) is 20.7. The lowest BCUT2D eigenvalue weighted by Crippen LogP contribution is -2.51. The van der Waals surface area contributed by atoms with E-state index in [1.807, 2.05) is 36.5 Å². The van der Waals surface area contributed by atoms with Crippen LogP contribution in [0.15, 0.2) is 42.7 Å². The van der Waals surface area contributed by atoms with Crippen LogP contribution in [0.1, 0.15) is 50.4 Å². The highest BCUT2D eigenvalue weighted by atomic mass is 16.5. The van der Waals surface area contributed by atoms with Gasteiger partial charge in [0.2, 0.25) is 5.91 Å². The molecule has 1 aromatic carbocycles. The third-order valence-corrected chi connectivity index (χ3v) is 7.55. The summed E-state index contributed by atoms with van der Waals surface area (Å²) in [5.41, 5.74) is 16.1. The zero-order chi connectivity index (χ0) is 25.4. The number of nitrogens with zero attached hydrogens (tertiary/aromatic N) is 2. The average Bonchev–Trinajstić information content (AvgIpc) is 3.32. The van der Waals surface area contributed by atoms with Crippen molar-refractivity contribution in [3.8, 4) is 11.1 Å². The maximum Gasteiger partial charge on any atom is 0.252 e. The second-order valence-electron chi connectivity index (χ2n) is 10.1. The second-order valence-corrected chi connectivity index (χ2v) is 10.1. The van der Waals surface area contributed by atoms with E-state index in [4.69, 9.17) is 16.2 Å². The van der Waals surface area contributed by atoms with Gasteiger partial charge in [0, 0.05) is 41.6 Å². The van der Waals surface area contributed by atoms with Gasteiger partial charge in [0.25, 0.3) is 5.91 Å². The molecular formula is C26H34N6O3. The van der Waals surface area contributed by atoms with Crippen LogP contribution in [0.25, 0.3) is 16.6 Å². The van der Waals surface area contributed by atoms with Crippen molar-refractivity contribution in [2.45, 2.75) is 51.6 Å². The Kier molecular flexibility index (Phi) is 6.57. The van der Waals surface area contributed by atoms with Crippen LogP contribution in [0, 0.1) is 5.41 Å². The van der Waals surface area contributed by atoms with E-state index in [2.05, 4.69) is 36.5 Å². The maximum atomic E-state index is 12.3. The Morgan fingerprint density at radius 1 is 1.20 bits per heavy atom. The standard InChI is InChI=1S/C26H34N6O3/c1-25(2)21(9-11-26(25,3)28)31-23-19(24(27)34)14-29-32-15-17(13-20(23)32)16-5-7-18(8-6-16)30-22(33)10-12-35-4/h5-8,13-15,21,31H,9-12,28H2,1-4H3,(H2,27,34)(H,30,33)/t21-,26+/m1/s1. The molecule has 6 N–H and O–H groups in total. The van der Waals surface area contributed by atoms with E-state index >= 15 is 0 Å². The van der Waals surface area contributed by atoms with E-state index in [1.165, 1.54) is 6.20 Å². The van der Waals surface area contributed by atoms with Gasteiger partial charge in [-0.2, -0.15) is 5.10 Å². The number of anilines is 2. The number of primary amides is 1. The number of nitrogens with two attached hydrogens (primary N) is 2. The van der Waals surface area contributed by atoms with E-state index in [-0.39, 0.29) is 22.9 Å². The normalized spacial score (nSPS) is 21.2. The molecule has 2 heterocycles. The van der Waals surface area contributed by atoms with Crippen molar-refractivity contribution in [3.63, 3.8) is 0 Å². The highest BCUT2D eigenvalue weighted by Gasteiger charge is 2.49. The number of methoxy groups -OCH3 is 1. The highest BCUT2D eigenvalue weighted by Crippen LogP contribution is 2.46. The molecule has 1 aliphatic rings. The number of ether oxygens (including phenoxy) is 1. The lowest BCUT2D eigenvalue weighted by molar-refractivity contribution is -0.117. The third kappa shape index (κ3) is 4.74. The highest BCUT2D eigenvalue weighted by molar-refractivity contribution is 6.02. The number of rotatable bonds is 8. The first-order valence-electron chi connectivity index (χ1n) is 11.8. The van der Waals surface area contributed by atoms with Crippen molar-refractivity contribution in [3.05, 3.63) is 48.3 Å². The van der Waals surface area contributed by atoms with Gasteiger partial charge < -0.3 is 26.8 Å². The first-order chi connectivity index (χ1) is 16.5. The quantitative estimate of drug-likeness (QED) is 0.392. The van der Waals surface area contributed by atoms with Crippen molar-refractivity contribution in [1.82, 2.24) is 9.61 Å². The SMILES string of the molecule is COCCC(=O)Nc1ccc(-c2cc3c(N[C@@H]4CC[C@](C)(N)C4(C)C)c(C(N)=O)cnn3c2)cc1. The van der Waals surface area contributed by atoms with Crippen molar-refractivity contribution in [1.29, 1.82) is 0 Å². The van der Waals surface area contributed by atoms with Gasteiger partial charge in [0.05, 0.1) is 36.0 Å². The minimum atomic E-state index is -0.537. The molecule has 1 aliphatic carbocycles. The summed E-state index contributed by atoms with van der Waals surface area (Å²) in [6.45, 7) is 6.75. The molecule has 9 heteroatoms. The Bertz CT molecular complexity index is 1250. The first kappa shape index (κ1) is 24.7. The molecule has 3 aromatic rings. The molecule has 35 heavy (non-hydrogen) atoms. The zero-order valence-electron chi connectivity index (χ0n) is 20.7. The average molecular weight is 479 g/mol. The second kappa shape index (κ2) is 9.31. The minimum Gasteiger partial charge on any atom is -0.384 e. The molecular weight excluding hydrogens is 444 g/mol. The van der Waals surface area contributed by atoms with Crippen LogP contribution in [-0.4, -0.2) is 46.7 Å². The number of nitrogens with one attached hydrogen (secondary N) is 2. The van der Waals surface area contributed by atoms with Gasteiger partial charge in [-0.15, -0.1) is 0 Å². The largest absolute Gasteiger partial charge is 0.384 e. The summed E-state index contributed by atoms with van der Waals surface area (Å²) in [7, 11) is 1.57. The molecule has 0 aliphatic heterocycles. The molecule has 186 valence electrons. The van der Waals surface area contributed by atoms with Gasteiger partial charge >= 0.3 is 0 Å². The summed E-state index contributed by atoms with van der Waals surface area (Å²) < 4.78 is 6.69. The Morgan fingerprint density at radius 3 is 2.51 bits per heavy atom. The Balaban J connectivity index is 1.65. The van der Waals surface area contributed by atoms with E-state index < -0.39 is 5.91 Å². The number of fused-ring (bicyclic) bond motifs is 1. The van der Waals surface area contributed by atoms with Crippen LogP contribution in [0.4, 0.5) is 11.4 Å². The van der Waals surface area contributed by atoms with Crippen LogP contribution < -0.4 is 22.1 Å². The van der Waals surface area contributed by atoms with E-state index in [9.17, 15) is 9.59 Å². The predicted molar refractivity (Wildman–Crippen MR) is 137 cm³/mol. The summed E-state index contributed by atoms with van der Waals surface area (Å²) in [4.78, 5) is 24.2. The molecule has 9 nitrogen and oxygen atoms in total. The lowest BCUT2D eigenvalue weighted by Gasteiger charge is -2.39. The number of carbonyl (C=O) groups is 2. The molecule has 1 saturated carbocycles. The third-order valence-electron chi connectivity index (χ3n) is 7.55. The van der Waals surface area contributed by atoms with Gasteiger partial charge in [-0.1, -0.05) is 26.0 Å². The molecule has 0 saturated heterocycles. The van der Waals surface area contributed by atoms with E-state index in [0.717, 1.165) is 29.5 Å². The molecule has 0 spiro atoms. The van der Waals surface area contributed by atoms with Crippen LogP contribution in [0.5, 0.6) is 0 Å². The summed E-state index contributed by atoms with van der Waals surface area (Å²) in [5.74, 6) is -0.637. The Labute approximate surface area is 205 Å². The molecule has 2 aromatic heterocycles.